The third-order valence-electron chi connectivity index (χ3n) is 3.04. The Morgan fingerprint density at radius 1 is 1.31 bits per heavy atom. The number of hydrogen-bond donors (Lipinski definition) is 3. The number of rotatable bonds is 0. The minimum Gasteiger partial charge on any atom is -0.333 e. The predicted octanol–water partition coefficient (Wildman–Crippen LogP) is 1.59. The zero-order valence-electron chi connectivity index (χ0n) is 8.85. The highest BCUT2D eigenvalue weighted by Crippen LogP contribution is 2.31. The maximum Gasteiger partial charge on any atom is 0.176 e. The number of H-pyrrole nitrogens is 2. The quantitative estimate of drug-likeness (QED) is 0.636. The van der Waals surface area contributed by atoms with Crippen LogP contribution >= 0.6 is 35.8 Å². The van der Waals surface area contributed by atoms with Gasteiger partial charge >= 0.3 is 0 Å². The van der Waals surface area contributed by atoms with Gasteiger partial charge < -0.3 is 14.9 Å². The van der Waals surface area contributed by atoms with Crippen LogP contribution in [0.3, 0.4) is 0 Å². The van der Waals surface area contributed by atoms with Crippen molar-refractivity contribution >= 4 is 46.0 Å². The molecule has 3 N–H and O–H groups in total. The molecule has 3 rings (SSSR count). The van der Waals surface area contributed by atoms with E-state index in [-0.39, 0.29) is 0 Å². The van der Waals surface area contributed by atoms with Gasteiger partial charge in [0, 0.05) is 11.8 Å². The van der Waals surface area contributed by atoms with Gasteiger partial charge in [-0.3, -0.25) is 0 Å². The largest absolute Gasteiger partial charge is 0.333 e. The van der Waals surface area contributed by atoms with Crippen molar-refractivity contribution in [1.29, 1.82) is 0 Å². The van der Waals surface area contributed by atoms with Crippen molar-refractivity contribution in [3.05, 3.63) is 19.9 Å². The number of aromatic nitrogens is 2. The van der Waals surface area contributed by atoms with Gasteiger partial charge in [0.05, 0.1) is 18.5 Å². The van der Waals surface area contributed by atoms with Gasteiger partial charge in [-0.1, -0.05) is 12.2 Å². The molecule has 0 radical (unpaired) electrons. The van der Waals surface area contributed by atoms with Crippen molar-refractivity contribution in [3.63, 3.8) is 0 Å². The van der Waals surface area contributed by atoms with E-state index in [1.54, 1.807) is 16.2 Å². The first-order valence-electron chi connectivity index (χ1n) is 5.23. The second-order valence-corrected chi connectivity index (χ2v) is 6.17. The second kappa shape index (κ2) is 3.73. The summed E-state index contributed by atoms with van der Waals surface area (Å²) in [5.41, 5.74) is 1.43. The lowest BCUT2D eigenvalue weighted by atomic mass is 10.1. The smallest absolute Gasteiger partial charge is 0.176 e. The van der Waals surface area contributed by atoms with Gasteiger partial charge in [-0.15, -0.1) is 11.3 Å². The number of thiophene rings is 1. The van der Waals surface area contributed by atoms with Gasteiger partial charge in [0.15, 0.2) is 4.77 Å². The van der Waals surface area contributed by atoms with Crippen molar-refractivity contribution in [3.8, 4) is 0 Å². The molecular formula is C10H12N3S3+. The average Bonchev–Trinajstić information content (AvgIpc) is 2.54. The minimum atomic E-state index is 0.622. The molecule has 84 valence electrons. The first kappa shape index (κ1) is 10.6. The molecule has 0 spiro atoms. The van der Waals surface area contributed by atoms with E-state index in [9.17, 15) is 0 Å². The van der Waals surface area contributed by atoms with Gasteiger partial charge in [0.25, 0.3) is 0 Å². The zero-order valence-corrected chi connectivity index (χ0v) is 11.3. The molecule has 2 aromatic rings. The molecule has 0 fully saturated rings. The minimum absolute atomic E-state index is 0.622. The molecule has 0 aliphatic carbocycles. The molecule has 0 amide bonds. The van der Waals surface area contributed by atoms with Crippen LogP contribution in [0.1, 0.15) is 10.4 Å². The van der Waals surface area contributed by atoms with Crippen LogP contribution in [0.25, 0.3) is 10.2 Å². The lowest BCUT2D eigenvalue weighted by Gasteiger charge is -2.19. The molecule has 0 bridgehead atoms. The van der Waals surface area contributed by atoms with Crippen LogP contribution in [0.4, 0.5) is 0 Å². The van der Waals surface area contributed by atoms with E-state index in [0.717, 1.165) is 22.4 Å². The van der Waals surface area contributed by atoms with Gasteiger partial charge in [0.1, 0.15) is 16.0 Å². The van der Waals surface area contributed by atoms with E-state index in [4.69, 9.17) is 24.4 Å². The molecule has 3 nitrogen and oxygen atoms in total. The fourth-order valence-corrected chi connectivity index (χ4v) is 4.35. The summed E-state index contributed by atoms with van der Waals surface area (Å²) in [5, 5.41) is 1.19. The summed E-state index contributed by atoms with van der Waals surface area (Å²) >= 11 is 12.3. The van der Waals surface area contributed by atoms with Crippen molar-refractivity contribution < 1.29 is 4.90 Å². The number of quaternary nitrogens is 1. The molecule has 1 unspecified atom stereocenters. The lowest BCUT2D eigenvalue weighted by molar-refractivity contribution is -0.895. The molecular weight excluding hydrogens is 258 g/mol. The summed E-state index contributed by atoms with van der Waals surface area (Å²) in [4.78, 5) is 10.4. The highest BCUT2D eigenvalue weighted by molar-refractivity contribution is 7.72. The lowest BCUT2D eigenvalue weighted by Crippen LogP contribution is -3.08. The maximum atomic E-state index is 5.37. The second-order valence-electron chi connectivity index (χ2n) is 4.25. The zero-order chi connectivity index (χ0) is 11.3. The Morgan fingerprint density at radius 3 is 2.94 bits per heavy atom. The highest BCUT2D eigenvalue weighted by Gasteiger charge is 2.22. The topological polar surface area (TPSA) is 36.0 Å². The number of nitrogens with one attached hydrogen (secondary N) is 3. The molecule has 0 aromatic carbocycles. The van der Waals surface area contributed by atoms with Crippen LogP contribution in [0, 0.1) is 9.41 Å². The van der Waals surface area contributed by atoms with E-state index in [0.29, 0.717) is 4.77 Å². The standard InChI is InChI=1S/C10H11N3S3/c1-13-3-2-5-6(4-13)16-9-7(5)8(14)11-10(15)12-9/h2-4H2,1H3,(H2,11,12,14,15)/p+1. The molecule has 2 aromatic heterocycles. The number of fused-ring (bicyclic) bond motifs is 3. The number of hydrogen-bond acceptors (Lipinski definition) is 3. The summed E-state index contributed by atoms with van der Waals surface area (Å²) in [5.74, 6) is 0. The van der Waals surface area contributed by atoms with Gasteiger partial charge in [-0.25, -0.2) is 0 Å². The van der Waals surface area contributed by atoms with Crippen molar-refractivity contribution in [2.75, 3.05) is 13.6 Å². The van der Waals surface area contributed by atoms with Crippen molar-refractivity contribution in [2.24, 2.45) is 0 Å². The van der Waals surface area contributed by atoms with Crippen LogP contribution in [-0.4, -0.2) is 23.6 Å². The Kier molecular flexibility index (Phi) is 2.47. The van der Waals surface area contributed by atoms with Gasteiger partial charge in [0.2, 0.25) is 0 Å². The van der Waals surface area contributed by atoms with E-state index < -0.39 is 0 Å². The van der Waals surface area contributed by atoms with Crippen molar-refractivity contribution in [1.82, 2.24) is 9.97 Å². The summed E-state index contributed by atoms with van der Waals surface area (Å²) in [6, 6.07) is 0. The van der Waals surface area contributed by atoms with E-state index in [2.05, 4.69) is 17.0 Å². The van der Waals surface area contributed by atoms with Crippen LogP contribution in [0.5, 0.6) is 0 Å². The molecule has 1 aliphatic heterocycles. The van der Waals surface area contributed by atoms with Gasteiger partial charge in [-0.05, 0) is 17.8 Å². The third kappa shape index (κ3) is 1.57. The fourth-order valence-electron chi connectivity index (χ4n) is 2.25. The highest BCUT2D eigenvalue weighted by atomic mass is 32.1. The first-order chi connectivity index (χ1) is 7.65. The summed E-state index contributed by atoms with van der Waals surface area (Å²) < 4.78 is 1.41. The Bertz CT molecular complexity index is 664. The Labute approximate surface area is 107 Å². The third-order valence-corrected chi connectivity index (χ3v) is 4.69. The maximum absolute atomic E-state index is 5.37. The predicted molar refractivity (Wildman–Crippen MR) is 71.4 cm³/mol. The van der Waals surface area contributed by atoms with Gasteiger partial charge in [-0.2, -0.15) is 0 Å². The molecule has 0 saturated carbocycles. The Balaban J connectivity index is 2.38. The summed E-state index contributed by atoms with van der Waals surface area (Å²) in [6.07, 6.45) is 1.11. The Morgan fingerprint density at radius 2 is 2.12 bits per heavy atom. The summed E-state index contributed by atoms with van der Waals surface area (Å²) in [7, 11) is 2.23. The average molecular weight is 270 g/mol. The molecule has 1 atom stereocenters. The van der Waals surface area contributed by atoms with E-state index in [1.807, 2.05) is 0 Å². The summed E-state index contributed by atoms with van der Waals surface area (Å²) in [6.45, 7) is 2.29. The van der Waals surface area contributed by atoms with Crippen LogP contribution in [-0.2, 0) is 13.0 Å². The Hall–Kier alpha value is -0.560. The monoisotopic (exact) mass is 270 g/mol. The number of likely N-dealkylation sites (N-methyl/N-ethyl adjacent to an activating group) is 1. The van der Waals surface area contributed by atoms with Crippen molar-refractivity contribution in [2.45, 2.75) is 13.0 Å². The molecule has 3 heterocycles. The molecule has 6 heteroatoms. The van der Waals surface area contributed by atoms with Crippen LogP contribution in [0.2, 0.25) is 0 Å². The molecule has 0 saturated heterocycles. The van der Waals surface area contributed by atoms with E-state index in [1.165, 1.54) is 22.4 Å². The van der Waals surface area contributed by atoms with E-state index >= 15 is 0 Å². The normalized spacial score (nSPS) is 19.9. The fraction of sp³-hybridized carbons (Fsp3) is 0.400. The number of aromatic amines is 2. The SMILES string of the molecule is C[NH+]1CCc2c(sc3[nH]c(=S)[nH]c(=S)c23)C1. The van der Waals surface area contributed by atoms with Crippen LogP contribution < -0.4 is 4.90 Å². The first-order valence-corrected chi connectivity index (χ1v) is 6.86. The molecule has 16 heavy (non-hydrogen) atoms. The van der Waals surface area contributed by atoms with Crippen LogP contribution in [0.15, 0.2) is 0 Å². The molecule has 1 aliphatic rings.